The first kappa shape index (κ1) is 71.8. The molecule has 1 fully saturated rings. The van der Waals surface area contributed by atoms with Crippen molar-refractivity contribution in [3.63, 3.8) is 0 Å². The second-order valence-electron chi connectivity index (χ2n) is 21.5. The van der Waals surface area contributed by atoms with Gasteiger partial charge in [0, 0.05) is 27.7 Å². The molecule has 0 N–H and O–H groups in total. The number of halogens is 18. The van der Waals surface area contributed by atoms with Gasteiger partial charge in [-0.1, -0.05) is 36.4 Å². The van der Waals surface area contributed by atoms with Crippen LogP contribution in [0.15, 0.2) is 103 Å². The minimum absolute atomic E-state index is 0. The minimum Gasteiger partial charge on any atom is -0.657 e. The molecular weight excluding hydrogens is 1390 g/mol. The molecule has 0 aliphatic carbocycles. The van der Waals surface area contributed by atoms with Gasteiger partial charge in [-0.15, -0.1) is 22.1 Å². The first-order valence-corrected chi connectivity index (χ1v) is 27.6. The van der Waals surface area contributed by atoms with Gasteiger partial charge in [-0.25, -0.2) is 9.97 Å². The van der Waals surface area contributed by atoms with Crippen LogP contribution in [0.3, 0.4) is 0 Å². The maximum atomic E-state index is 14.8. The normalized spacial score (nSPS) is 17.5. The van der Waals surface area contributed by atoms with Gasteiger partial charge in [0.1, 0.15) is 18.5 Å². The quantitative estimate of drug-likeness (QED) is 0.0517. The Hall–Kier alpha value is -9.52. The van der Waals surface area contributed by atoms with E-state index in [1.54, 1.807) is 0 Å². The second-order valence-corrected chi connectivity index (χ2v) is 21.5. The number of alkyl halides is 18. The van der Waals surface area contributed by atoms with Gasteiger partial charge in [0.05, 0.1) is 56.2 Å². The van der Waals surface area contributed by atoms with Crippen LogP contribution in [0.5, 0.6) is 5.75 Å². The topological polar surface area (TPSA) is 178 Å². The number of hydrogen-bond acceptors (Lipinski definition) is 12. The van der Waals surface area contributed by atoms with Gasteiger partial charge < -0.3 is 38.4 Å². The van der Waals surface area contributed by atoms with Crippen LogP contribution < -0.4 is 14.7 Å². The Labute approximate surface area is 546 Å². The predicted molar refractivity (Wildman–Crippen MR) is 301 cm³/mol. The molecule has 504 valence electrons. The summed E-state index contributed by atoms with van der Waals surface area (Å²) >= 11 is 0. The largest absolute Gasteiger partial charge is 2.00 e. The Morgan fingerprint density at radius 1 is 0.402 bits per heavy atom. The molecule has 6 heterocycles. The van der Waals surface area contributed by atoms with E-state index in [1.807, 2.05) is 0 Å². The van der Waals surface area contributed by atoms with Crippen LogP contribution in [0.1, 0.15) is 83.9 Å². The molecule has 7 aromatic rings. The maximum absolute atomic E-state index is 14.8. The molecule has 0 spiro atoms. The number of fused-ring (bicyclic) bond motifs is 8. The Balaban J connectivity index is 0.0000110. The van der Waals surface area contributed by atoms with Gasteiger partial charge in [-0.05, 0) is 136 Å². The molecule has 14 nitrogen and oxygen atoms in total. The number of benzene rings is 4. The number of esters is 4. The van der Waals surface area contributed by atoms with Crippen molar-refractivity contribution < 1.29 is 146 Å². The van der Waals surface area contributed by atoms with E-state index in [9.17, 15) is 98.2 Å². The van der Waals surface area contributed by atoms with Crippen molar-refractivity contribution in [3.05, 3.63) is 159 Å². The van der Waals surface area contributed by atoms with Crippen LogP contribution >= 0.6 is 0 Å². The SMILES string of the molecule is CC(=O)OC[C@H]1O[C@@H](Oc2cccc(-c3c4nc(c(-c5cc(C(F)(F)F)cc(C(F)(F)F)c5)c5ccc([n-]5)c(-c5cc(C(F)(F)F)cc(C(F)(F)F)c5)c5nc(c(-c6cc(C(F)(F)F)cc(C(F)(F)F)c6)c6ccc3[n-]6)C=C5)C=C4)c2)[C@H](OC(C)=O)[C@@H](OC(C)=O)[C@@H]1OC(C)=O.[Zn+2]. The summed E-state index contributed by atoms with van der Waals surface area (Å²) in [6.45, 7) is 3.09. The van der Waals surface area contributed by atoms with Crippen molar-refractivity contribution in [2.24, 2.45) is 0 Å². The van der Waals surface area contributed by atoms with E-state index in [-0.39, 0.29) is 102 Å². The number of rotatable bonds is 11. The summed E-state index contributed by atoms with van der Waals surface area (Å²) in [7, 11) is 0. The van der Waals surface area contributed by atoms with Crippen molar-refractivity contribution in [1.82, 2.24) is 19.9 Å². The van der Waals surface area contributed by atoms with Crippen LogP contribution in [0.25, 0.3) is 90.9 Å². The Bertz CT molecular complexity index is 4360. The fourth-order valence-corrected chi connectivity index (χ4v) is 10.7. The first-order chi connectivity index (χ1) is 44.6. The molecule has 3 aliphatic heterocycles. The maximum Gasteiger partial charge on any atom is 2.00 e. The summed E-state index contributed by atoms with van der Waals surface area (Å²) in [5.74, 6) is -4.26. The summed E-state index contributed by atoms with van der Waals surface area (Å²) in [5.41, 5.74) is -21.5. The molecule has 0 amide bonds. The Morgan fingerprint density at radius 3 is 1.02 bits per heavy atom. The molecule has 1 saturated heterocycles. The number of carbonyl (C=O) groups excluding carboxylic acids is 4. The van der Waals surface area contributed by atoms with E-state index < -0.39 is 199 Å². The fourth-order valence-electron chi connectivity index (χ4n) is 10.7. The van der Waals surface area contributed by atoms with Crippen molar-refractivity contribution in [2.75, 3.05) is 6.61 Å². The minimum atomic E-state index is -5.56. The van der Waals surface area contributed by atoms with Gasteiger partial charge in [0.25, 0.3) is 0 Å². The number of carbonyl (C=O) groups is 4. The number of nitrogens with zero attached hydrogens (tertiary/aromatic N) is 4. The third-order valence-corrected chi connectivity index (χ3v) is 14.6. The van der Waals surface area contributed by atoms with Crippen molar-refractivity contribution >= 4 is 70.2 Å². The van der Waals surface area contributed by atoms with Gasteiger partial charge >= 0.3 is 80.4 Å². The fraction of sp³-hybridized carbons (Fsp3) is 0.250. The van der Waals surface area contributed by atoms with Crippen LogP contribution in [0.4, 0.5) is 79.0 Å². The van der Waals surface area contributed by atoms with Gasteiger partial charge in [0.15, 0.2) is 12.2 Å². The molecule has 5 atom stereocenters. The van der Waals surface area contributed by atoms with E-state index in [1.165, 1.54) is 24.3 Å². The standard InChI is InChI=1S/C64H40F18N4O10.Zn/c1-27(87)91-26-50-55(92-28(2)88)56(93-29(3)89)57(94-30(4)90)58(96-50)95-41-7-5-6-31(22-41)51-42-8-10-44(83-42)52(32-16-35(59(65,66)67)23-36(17-32)60(68,69)70)46-12-14-48(85-46)54(34-20-39(63(77,78)79)25-40(21-34)64(80,81)82)49-15-13-47(86-49)53(45-11-9-43(51)84-45)33-18-37(61(71,72)73)24-38(19-33)62(74,75)76;/h5-25,50,55-58H,26H2,1-4H3;/q-2;+2/t50-,55-,56+,57-,58-;/m1./s1. The van der Waals surface area contributed by atoms with Gasteiger partial charge in [-0.3, -0.25) is 19.2 Å². The predicted octanol–water partition coefficient (Wildman–Crippen LogP) is 16.2. The third-order valence-electron chi connectivity index (χ3n) is 14.6. The zero-order chi connectivity index (χ0) is 70.1. The molecule has 0 saturated carbocycles. The van der Waals surface area contributed by atoms with E-state index >= 15 is 0 Å². The van der Waals surface area contributed by atoms with E-state index in [2.05, 4.69) is 19.9 Å². The number of ether oxygens (including phenoxy) is 6. The molecule has 97 heavy (non-hydrogen) atoms. The van der Waals surface area contributed by atoms with Gasteiger partial charge in [-0.2, -0.15) is 79.0 Å². The molecule has 0 unspecified atom stereocenters. The van der Waals surface area contributed by atoms with Crippen LogP contribution in [0, 0.1) is 0 Å². The monoisotopic (exact) mass is 1430 g/mol. The zero-order valence-corrected chi connectivity index (χ0v) is 52.6. The molecule has 4 aromatic carbocycles. The van der Waals surface area contributed by atoms with E-state index in [0.717, 1.165) is 76.3 Å². The molecule has 33 heteroatoms. The summed E-state index contributed by atoms with van der Waals surface area (Å²) in [6.07, 6.45) is -38.1. The van der Waals surface area contributed by atoms with Crippen molar-refractivity contribution in [2.45, 2.75) is 95.5 Å². The first-order valence-electron chi connectivity index (χ1n) is 27.6. The number of hydrogen-bond donors (Lipinski definition) is 0. The van der Waals surface area contributed by atoms with E-state index in [4.69, 9.17) is 28.4 Å². The van der Waals surface area contributed by atoms with Crippen molar-refractivity contribution in [1.29, 1.82) is 0 Å². The summed E-state index contributed by atoms with van der Waals surface area (Å²) in [5, 5.41) is 0. The molecule has 3 aromatic heterocycles. The van der Waals surface area contributed by atoms with Crippen LogP contribution in [0.2, 0.25) is 0 Å². The van der Waals surface area contributed by atoms with E-state index in [0.29, 0.717) is 0 Å². The molecule has 3 aliphatic rings. The van der Waals surface area contributed by atoms with Crippen LogP contribution in [-0.4, -0.2) is 71.2 Å². The third kappa shape index (κ3) is 15.8. The smallest absolute Gasteiger partial charge is 0.657 e. The Morgan fingerprint density at radius 2 is 0.711 bits per heavy atom. The molecular formula is C64H40F18N4O10Zn. The molecule has 8 bridgehead atoms. The Kier molecular flexibility index (Phi) is 19.6. The zero-order valence-electron chi connectivity index (χ0n) is 49.6. The number of aromatic nitrogens is 4. The molecule has 0 radical (unpaired) electrons. The van der Waals surface area contributed by atoms with Gasteiger partial charge in [0.2, 0.25) is 12.4 Å². The average molecular weight is 1430 g/mol. The summed E-state index contributed by atoms with van der Waals surface area (Å²) < 4.78 is 299. The molecule has 10 rings (SSSR count). The van der Waals surface area contributed by atoms with Crippen molar-refractivity contribution in [3.8, 4) is 50.3 Å². The second kappa shape index (κ2) is 26.5. The van der Waals surface area contributed by atoms with Crippen LogP contribution in [-0.2, 0) is 99.4 Å². The summed E-state index contributed by atoms with van der Waals surface area (Å²) in [6, 6.07) is 9.66. The summed E-state index contributed by atoms with van der Waals surface area (Å²) in [4.78, 5) is 67.9. The average Bonchev–Trinajstić information content (AvgIpc) is 1.62.